The molecule has 0 saturated carbocycles. The van der Waals surface area contributed by atoms with Crippen LogP contribution in [0.3, 0.4) is 0 Å². The smallest absolute Gasteiger partial charge is 0.409 e. The Kier molecular flexibility index (Phi) is 7.08. The van der Waals surface area contributed by atoms with Gasteiger partial charge in [-0.3, -0.25) is 0 Å². The van der Waals surface area contributed by atoms with E-state index in [-0.39, 0.29) is 30.5 Å². The molecule has 1 aliphatic carbocycles. The summed E-state index contributed by atoms with van der Waals surface area (Å²) in [5.74, 6) is 0.439. The SMILES string of the molecule is COc1ncc(C2CN(C(=O)OCC3c4ccccc4-c4ccccc43)CCN2)cc1Cl.Cl. The van der Waals surface area contributed by atoms with Gasteiger partial charge in [-0.15, -0.1) is 12.4 Å². The van der Waals surface area contributed by atoms with Crippen LogP contribution >= 0.6 is 24.0 Å². The molecule has 1 atom stereocenters. The van der Waals surface area contributed by atoms with Crippen LogP contribution < -0.4 is 10.1 Å². The van der Waals surface area contributed by atoms with Crippen LogP contribution in [0.5, 0.6) is 5.88 Å². The first-order chi connectivity index (χ1) is 15.7. The Morgan fingerprint density at radius 2 is 1.82 bits per heavy atom. The molecule has 6 nitrogen and oxygen atoms in total. The van der Waals surface area contributed by atoms with Crippen molar-refractivity contribution in [2.45, 2.75) is 12.0 Å². The average Bonchev–Trinajstić information content (AvgIpc) is 3.16. The van der Waals surface area contributed by atoms with Gasteiger partial charge in [-0.2, -0.15) is 0 Å². The largest absolute Gasteiger partial charge is 0.480 e. The monoisotopic (exact) mass is 485 g/mol. The standard InChI is InChI=1S/C25H24ClN3O3.ClH/c1-31-24-22(26)12-16(13-28-24)23-14-29(11-10-27-23)25(30)32-15-21-19-8-4-2-6-17(19)18-7-3-5-9-20(18)21;/h2-9,12-13,21,23,27H,10-11,14-15H2,1H3;1H. The predicted octanol–water partition coefficient (Wildman–Crippen LogP) is 5.06. The van der Waals surface area contributed by atoms with Crippen LogP contribution in [0.2, 0.25) is 5.02 Å². The summed E-state index contributed by atoms with van der Waals surface area (Å²) in [5.41, 5.74) is 5.76. The van der Waals surface area contributed by atoms with E-state index in [1.165, 1.54) is 29.4 Å². The highest BCUT2D eigenvalue weighted by Crippen LogP contribution is 2.44. The van der Waals surface area contributed by atoms with Crippen LogP contribution in [0.15, 0.2) is 60.8 Å². The van der Waals surface area contributed by atoms with Gasteiger partial charge in [0.05, 0.1) is 13.2 Å². The minimum atomic E-state index is -0.300. The molecule has 5 rings (SSSR count). The van der Waals surface area contributed by atoms with E-state index in [1.54, 1.807) is 11.1 Å². The number of carbonyl (C=O) groups is 1. The van der Waals surface area contributed by atoms with Crippen molar-refractivity contribution in [3.8, 4) is 17.0 Å². The van der Waals surface area contributed by atoms with Crippen molar-refractivity contribution >= 4 is 30.1 Å². The van der Waals surface area contributed by atoms with Crippen molar-refractivity contribution < 1.29 is 14.3 Å². The number of nitrogens with one attached hydrogen (secondary N) is 1. The maximum absolute atomic E-state index is 12.9. The van der Waals surface area contributed by atoms with Gasteiger partial charge in [0.15, 0.2) is 0 Å². The lowest BCUT2D eigenvalue weighted by molar-refractivity contribution is 0.0882. The summed E-state index contributed by atoms with van der Waals surface area (Å²) in [4.78, 5) is 18.9. The molecule has 1 amide bonds. The average molecular weight is 486 g/mol. The molecule has 1 saturated heterocycles. The Bertz CT molecular complexity index is 1110. The Morgan fingerprint density at radius 3 is 2.45 bits per heavy atom. The summed E-state index contributed by atoms with van der Waals surface area (Å²) in [5, 5.41) is 3.87. The number of rotatable bonds is 4. The maximum atomic E-state index is 12.9. The van der Waals surface area contributed by atoms with Gasteiger partial charge in [0.2, 0.25) is 5.88 Å². The van der Waals surface area contributed by atoms with E-state index in [1.807, 2.05) is 30.3 Å². The van der Waals surface area contributed by atoms with Crippen molar-refractivity contribution in [3.63, 3.8) is 0 Å². The molecule has 1 aliphatic heterocycles. The summed E-state index contributed by atoms with van der Waals surface area (Å²) < 4.78 is 11.0. The van der Waals surface area contributed by atoms with Crippen molar-refractivity contribution in [3.05, 3.63) is 82.5 Å². The fraction of sp³-hybridized carbons (Fsp3) is 0.280. The van der Waals surface area contributed by atoms with E-state index in [0.717, 1.165) is 5.56 Å². The number of amides is 1. The summed E-state index contributed by atoms with van der Waals surface area (Å²) in [6.45, 7) is 2.06. The molecule has 1 fully saturated rings. The molecule has 1 unspecified atom stereocenters. The molecule has 1 N–H and O–H groups in total. The Hall–Kier alpha value is -2.80. The van der Waals surface area contributed by atoms with Crippen LogP contribution in [0.1, 0.15) is 28.7 Å². The molecule has 172 valence electrons. The molecule has 1 aromatic heterocycles. The molecule has 2 aliphatic rings. The molecular formula is C25H25Cl2N3O3. The number of hydrogen-bond donors (Lipinski definition) is 1. The molecule has 3 aromatic rings. The minimum Gasteiger partial charge on any atom is -0.480 e. The summed E-state index contributed by atoms with van der Waals surface area (Å²) in [6.07, 6.45) is 1.43. The number of carbonyl (C=O) groups excluding carboxylic acids is 1. The van der Waals surface area contributed by atoms with Crippen LogP contribution in [0.25, 0.3) is 11.1 Å². The molecule has 2 aromatic carbocycles. The van der Waals surface area contributed by atoms with Crippen LogP contribution in [-0.4, -0.2) is 49.3 Å². The van der Waals surface area contributed by atoms with E-state index in [4.69, 9.17) is 21.1 Å². The second kappa shape index (κ2) is 10.00. The second-order valence-electron chi connectivity index (χ2n) is 8.02. The Morgan fingerprint density at radius 1 is 1.15 bits per heavy atom. The zero-order chi connectivity index (χ0) is 22.1. The molecule has 0 radical (unpaired) electrons. The van der Waals surface area contributed by atoms with E-state index >= 15 is 0 Å². The van der Waals surface area contributed by atoms with E-state index in [2.05, 4.69) is 34.6 Å². The van der Waals surface area contributed by atoms with Gasteiger partial charge in [-0.1, -0.05) is 60.1 Å². The maximum Gasteiger partial charge on any atom is 0.409 e. The third-order valence-electron chi connectivity index (χ3n) is 6.19. The highest BCUT2D eigenvalue weighted by Gasteiger charge is 2.31. The van der Waals surface area contributed by atoms with Crippen molar-refractivity contribution in [1.82, 2.24) is 15.2 Å². The lowest BCUT2D eigenvalue weighted by Crippen LogP contribution is -2.48. The quantitative estimate of drug-likeness (QED) is 0.559. The number of fused-ring (bicyclic) bond motifs is 3. The molecule has 33 heavy (non-hydrogen) atoms. The van der Waals surface area contributed by atoms with E-state index < -0.39 is 0 Å². The number of benzene rings is 2. The fourth-order valence-corrected chi connectivity index (χ4v) is 4.86. The number of methoxy groups -OCH3 is 1. The molecule has 0 bridgehead atoms. The number of halogens is 2. The Labute approximate surface area is 204 Å². The highest BCUT2D eigenvalue weighted by molar-refractivity contribution is 6.31. The van der Waals surface area contributed by atoms with Crippen molar-refractivity contribution in [1.29, 1.82) is 0 Å². The zero-order valence-electron chi connectivity index (χ0n) is 18.2. The number of pyridine rings is 1. The number of ether oxygens (including phenoxy) is 2. The first-order valence-electron chi connectivity index (χ1n) is 10.7. The van der Waals surface area contributed by atoms with Crippen LogP contribution in [-0.2, 0) is 4.74 Å². The third kappa shape index (κ3) is 4.51. The van der Waals surface area contributed by atoms with Gasteiger partial charge in [0.1, 0.15) is 11.6 Å². The third-order valence-corrected chi connectivity index (χ3v) is 6.46. The van der Waals surface area contributed by atoms with Gasteiger partial charge in [0.25, 0.3) is 0 Å². The molecule has 8 heteroatoms. The van der Waals surface area contributed by atoms with Gasteiger partial charge >= 0.3 is 6.09 Å². The topological polar surface area (TPSA) is 63.7 Å². The van der Waals surface area contributed by atoms with E-state index in [9.17, 15) is 4.79 Å². The normalized spacial score (nSPS) is 17.0. The lowest BCUT2D eigenvalue weighted by atomic mass is 9.98. The van der Waals surface area contributed by atoms with Crippen molar-refractivity contribution in [2.75, 3.05) is 33.4 Å². The van der Waals surface area contributed by atoms with Gasteiger partial charge in [-0.05, 0) is 33.9 Å². The zero-order valence-corrected chi connectivity index (χ0v) is 19.7. The minimum absolute atomic E-state index is 0. The second-order valence-corrected chi connectivity index (χ2v) is 8.42. The molecule has 2 heterocycles. The first kappa shape index (κ1) is 23.4. The number of nitrogens with zero attached hydrogens (tertiary/aromatic N) is 2. The number of aromatic nitrogens is 1. The van der Waals surface area contributed by atoms with Crippen LogP contribution in [0, 0.1) is 0 Å². The lowest BCUT2D eigenvalue weighted by Gasteiger charge is -2.33. The Balaban J connectivity index is 0.00000259. The summed E-state index contributed by atoms with van der Waals surface area (Å²) in [6, 6.07) is 18.4. The summed E-state index contributed by atoms with van der Waals surface area (Å²) in [7, 11) is 1.53. The highest BCUT2D eigenvalue weighted by atomic mass is 35.5. The predicted molar refractivity (Wildman–Crippen MR) is 130 cm³/mol. The van der Waals surface area contributed by atoms with Gasteiger partial charge in [0, 0.05) is 31.7 Å². The molecule has 0 spiro atoms. The van der Waals surface area contributed by atoms with Gasteiger partial charge in [-0.25, -0.2) is 9.78 Å². The van der Waals surface area contributed by atoms with Crippen molar-refractivity contribution in [2.24, 2.45) is 0 Å². The number of piperazine rings is 1. The van der Waals surface area contributed by atoms with E-state index in [0.29, 0.717) is 37.1 Å². The van der Waals surface area contributed by atoms with Crippen LogP contribution in [0.4, 0.5) is 4.79 Å². The van der Waals surface area contributed by atoms with Gasteiger partial charge < -0.3 is 19.7 Å². The molecular weight excluding hydrogens is 461 g/mol. The summed E-state index contributed by atoms with van der Waals surface area (Å²) >= 11 is 6.23. The fourth-order valence-electron chi connectivity index (χ4n) is 4.61. The first-order valence-corrected chi connectivity index (χ1v) is 11.1. The number of hydrogen-bond acceptors (Lipinski definition) is 5.